The van der Waals surface area contributed by atoms with Crippen molar-refractivity contribution in [2.24, 2.45) is 17.6 Å². The monoisotopic (exact) mass is 487 g/mol. The number of carbonyl (C=O) groups excluding carboxylic acids is 3. The average Bonchev–Trinajstić information content (AvgIpc) is 3.23. The molecule has 192 valence electrons. The Kier molecular flexibility index (Phi) is 9.82. The summed E-state index contributed by atoms with van der Waals surface area (Å²) in [5, 5.41) is 17.9. The van der Waals surface area contributed by atoms with Crippen molar-refractivity contribution in [3.05, 3.63) is 36.0 Å². The zero-order valence-corrected chi connectivity index (χ0v) is 20.9. The number of para-hydroxylation sites is 1. The van der Waals surface area contributed by atoms with Crippen LogP contribution in [-0.2, 0) is 25.6 Å². The number of aromatic amines is 1. The van der Waals surface area contributed by atoms with Crippen molar-refractivity contribution in [1.82, 2.24) is 20.9 Å². The highest BCUT2D eigenvalue weighted by Gasteiger charge is 2.32. The highest BCUT2D eigenvalue weighted by atomic mass is 16.4. The first kappa shape index (κ1) is 27.8. The molecule has 1 aromatic carbocycles. The Morgan fingerprint density at radius 1 is 0.971 bits per heavy atom. The van der Waals surface area contributed by atoms with Crippen LogP contribution in [0.25, 0.3) is 10.9 Å². The molecule has 7 N–H and O–H groups in total. The maximum Gasteiger partial charge on any atom is 0.325 e. The van der Waals surface area contributed by atoms with Crippen LogP contribution >= 0.6 is 0 Å². The Morgan fingerprint density at radius 3 is 2.23 bits per heavy atom. The fraction of sp³-hybridized carbons (Fsp3) is 0.520. The normalized spacial score (nSPS) is 15.6. The van der Waals surface area contributed by atoms with Gasteiger partial charge in [0.25, 0.3) is 0 Å². The van der Waals surface area contributed by atoms with Crippen molar-refractivity contribution < 1.29 is 24.3 Å². The average molecular weight is 488 g/mol. The molecule has 0 radical (unpaired) electrons. The molecule has 5 atom stereocenters. The van der Waals surface area contributed by atoms with E-state index < -0.39 is 47.9 Å². The molecule has 2 rings (SSSR count). The van der Waals surface area contributed by atoms with Crippen LogP contribution in [0.5, 0.6) is 0 Å². The van der Waals surface area contributed by atoms with Gasteiger partial charge in [0.1, 0.15) is 18.1 Å². The summed E-state index contributed by atoms with van der Waals surface area (Å²) in [4.78, 5) is 53.2. The number of nitrogens with two attached hydrogens (primary N) is 1. The predicted molar refractivity (Wildman–Crippen MR) is 133 cm³/mol. The lowest BCUT2D eigenvalue weighted by molar-refractivity contribution is -0.142. The highest BCUT2D eigenvalue weighted by Crippen LogP contribution is 2.19. The molecule has 1 heterocycles. The summed E-state index contributed by atoms with van der Waals surface area (Å²) in [6, 6.07) is 3.71. The second-order valence-corrected chi connectivity index (χ2v) is 9.33. The van der Waals surface area contributed by atoms with Gasteiger partial charge in [0, 0.05) is 23.5 Å². The minimum absolute atomic E-state index is 0.0847. The third-order valence-corrected chi connectivity index (χ3v) is 6.27. The smallest absolute Gasteiger partial charge is 0.325 e. The number of H-pyrrole nitrogens is 1. The largest absolute Gasteiger partial charge is 0.480 e. The minimum Gasteiger partial charge on any atom is -0.480 e. The molecule has 0 saturated carbocycles. The Balaban J connectivity index is 2.29. The third-order valence-electron chi connectivity index (χ3n) is 6.27. The Hall–Kier alpha value is -3.40. The van der Waals surface area contributed by atoms with Crippen molar-refractivity contribution in [2.75, 3.05) is 0 Å². The highest BCUT2D eigenvalue weighted by molar-refractivity contribution is 5.95. The lowest BCUT2D eigenvalue weighted by Gasteiger charge is -2.27. The second-order valence-electron chi connectivity index (χ2n) is 9.33. The van der Waals surface area contributed by atoms with E-state index in [1.807, 2.05) is 38.1 Å². The van der Waals surface area contributed by atoms with E-state index in [4.69, 9.17) is 10.8 Å². The summed E-state index contributed by atoms with van der Waals surface area (Å²) < 4.78 is 0. The Labute approximate surface area is 205 Å². The van der Waals surface area contributed by atoms with Crippen LogP contribution in [0.2, 0.25) is 0 Å². The first-order chi connectivity index (χ1) is 16.5. The van der Waals surface area contributed by atoms with E-state index in [0.717, 1.165) is 16.5 Å². The van der Waals surface area contributed by atoms with Crippen LogP contribution in [-0.4, -0.2) is 57.9 Å². The lowest BCUT2D eigenvalue weighted by Crippen LogP contribution is -2.59. The molecule has 10 nitrogen and oxygen atoms in total. The van der Waals surface area contributed by atoms with E-state index in [1.165, 1.54) is 6.92 Å². The van der Waals surface area contributed by atoms with Crippen molar-refractivity contribution in [3.63, 3.8) is 0 Å². The van der Waals surface area contributed by atoms with Crippen LogP contribution in [0, 0.1) is 11.8 Å². The van der Waals surface area contributed by atoms with Crippen LogP contribution < -0.4 is 21.7 Å². The van der Waals surface area contributed by atoms with Gasteiger partial charge in [-0.2, -0.15) is 0 Å². The van der Waals surface area contributed by atoms with Gasteiger partial charge in [-0.1, -0.05) is 52.3 Å². The van der Waals surface area contributed by atoms with Crippen molar-refractivity contribution in [1.29, 1.82) is 0 Å². The summed E-state index contributed by atoms with van der Waals surface area (Å²) >= 11 is 0. The molecule has 1 aromatic heterocycles. The van der Waals surface area contributed by atoms with Gasteiger partial charge in [-0.3, -0.25) is 19.2 Å². The molecule has 0 aliphatic carbocycles. The molecule has 0 bridgehead atoms. The number of hydrogen-bond donors (Lipinski definition) is 6. The van der Waals surface area contributed by atoms with Crippen molar-refractivity contribution in [3.8, 4) is 0 Å². The molecule has 2 aromatic rings. The maximum absolute atomic E-state index is 13.4. The summed E-state index contributed by atoms with van der Waals surface area (Å²) in [6.45, 7) is 8.61. The van der Waals surface area contributed by atoms with E-state index in [2.05, 4.69) is 20.9 Å². The second kappa shape index (κ2) is 12.3. The standard InChI is InChI=1S/C25H37N5O5/c1-6-14(4)20(26)23(32)29-19(11-16-12-27-18-10-8-7-9-17(16)18)22(31)30-21(13(2)3)24(33)28-15(5)25(34)35/h7-10,12-15,19-21,27H,6,11,26H2,1-5H3,(H,28,33)(H,29,32)(H,30,31)(H,34,35). The number of hydrogen-bond acceptors (Lipinski definition) is 5. The molecular weight excluding hydrogens is 450 g/mol. The number of rotatable bonds is 12. The van der Waals surface area contributed by atoms with Crippen LogP contribution in [0.3, 0.4) is 0 Å². The van der Waals surface area contributed by atoms with Crippen molar-refractivity contribution in [2.45, 2.75) is 71.6 Å². The number of benzene rings is 1. The van der Waals surface area contributed by atoms with Gasteiger partial charge in [0.05, 0.1) is 6.04 Å². The molecule has 0 aliphatic rings. The van der Waals surface area contributed by atoms with Gasteiger partial charge in [-0.05, 0) is 30.4 Å². The summed E-state index contributed by atoms with van der Waals surface area (Å²) in [6.07, 6.45) is 2.66. The fourth-order valence-corrected chi connectivity index (χ4v) is 3.66. The van der Waals surface area contributed by atoms with E-state index >= 15 is 0 Å². The van der Waals surface area contributed by atoms with E-state index in [9.17, 15) is 19.2 Å². The van der Waals surface area contributed by atoms with E-state index in [1.54, 1.807) is 20.0 Å². The Bertz CT molecular complexity index is 1050. The SMILES string of the molecule is CCC(C)C(N)C(=O)NC(Cc1c[nH]c2ccccc12)C(=O)NC(C(=O)NC(C)C(=O)O)C(C)C. The summed E-state index contributed by atoms with van der Waals surface area (Å²) in [5.41, 5.74) is 7.81. The van der Waals surface area contributed by atoms with Gasteiger partial charge < -0.3 is 31.8 Å². The minimum atomic E-state index is -1.18. The maximum atomic E-state index is 13.4. The summed E-state index contributed by atoms with van der Waals surface area (Å²) in [5.74, 6) is -3.22. The third kappa shape index (κ3) is 7.29. The molecule has 5 unspecified atom stereocenters. The number of carbonyl (C=O) groups is 4. The molecule has 0 saturated heterocycles. The first-order valence-corrected chi connectivity index (χ1v) is 11.9. The molecule has 0 spiro atoms. The molecule has 35 heavy (non-hydrogen) atoms. The number of carboxylic acids is 1. The summed E-state index contributed by atoms with van der Waals surface area (Å²) in [7, 11) is 0. The first-order valence-electron chi connectivity index (χ1n) is 11.9. The van der Waals surface area contributed by atoms with Crippen LogP contribution in [0.4, 0.5) is 0 Å². The zero-order valence-electron chi connectivity index (χ0n) is 20.9. The lowest BCUT2D eigenvalue weighted by atomic mass is 9.97. The van der Waals surface area contributed by atoms with Gasteiger partial charge in [-0.15, -0.1) is 0 Å². The van der Waals surface area contributed by atoms with Gasteiger partial charge in [0.15, 0.2) is 0 Å². The van der Waals surface area contributed by atoms with Gasteiger partial charge >= 0.3 is 5.97 Å². The van der Waals surface area contributed by atoms with Gasteiger partial charge in [0.2, 0.25) is 17.7 Å². The number of carboxylic acid groups (broad SMARTS) is 1. The van der Waals surface area contributed by atoms with Crippen LogP contribution in [0.15, 0.2) is 30.5 Å². The number of amides is 3. The van der Waals surface area contributed by atoms with E-state index in [0.29, 0.717) is 6.42 Å². The van der Waals surface area contributed by atoms with E-state index in [-0.39, 0.29) is 18.3 Å². The molecule has 10 heteroatoms. The molecular formula is C25H37N5O5. The molecule has 0 aliphatic heterocycles. The predicted octanol–water partition coefficient (Wildman–Crippen LogP) is 1.30. The quantitative estimate of drug-likeness (QED) is 0.264. The van der Waals surface area contributed by atoms with Gasteiger partial charge in [-0.25, -0.2) is 0 Å². The number of aromatic nitrogens is 1. The van der Waals surface area contributed by atoms with Crippen LogP contribution in [0.1, 0.15) is 46.6 Å². The number of aliphatic carboxylic acids is 1. The molecule has 3 amide bonds. The number of nitrogens with one attached hydrogen (secondary N) is 4. The zero-order chi connectivity index (χ0) is 26.3. The topological polar surface area (TPSA) is 166 Å². The Morgan fingerprint density at radius 2 is 1.63 bits per heavy atom. The fourth-order valence-electron chi connectivity index (χ4n) is 3.66. The van der Waals surface area contributed by atoms with Crippen molar-refractivity contribution >= 4 is 34.6 Å². The number of fused-ring (bicyclic) bond motifs is 1. The molecule has 0 fully saturated rings.